The molecule has 0 fully saturated rings. The Morgan fingerprint density at radius 3 is 1.29 bits per heavy atom. The van der Waals surface area contributed by atoms with Gasteiger partial charge in [0, 0.05) is 12.8 Å². The number of amides is 2. The predicted octanol–water partition coefficient (Wildman–Crippen LogP) is 7.69. The smallest absolute Gasteiger partial charge is 0.325 e. The Morgan fingerprint density at radius 2 is 0.865 bits per heavy atom. The van der Waals surface area contributed by atoms with E-state index < -0.39 is 30.6 Å². The lowest BCUT2D eigenvalue weighted by atomic mass is 10.1. The van der Waals surface area contributed by atoms with Gasteiger partial charge in [0.15, 0.2) is 6.10 Å². The molecule has 4 N–H and O–H groups in total. The molecule has 0 bridgehead atoms. The second kappa shape index (κ2) is 37.5. The van der Waals surface area contributed by atoms with Gasteiger partial charge in [-0.25, -0.2) is 0 Å². The van der Waals surface area contributed by atoms with E-state index >= 15 is 0 Å². The van der Waals surface area contributed by atoms with Gasteiger partial charge in [-0.05, 0) is 64.2 Å². The van der Waals surface area contributed by atoms with Gasteiger partial charge in [0.2, 0.25) is 11.8 Å². The molecular formula is C41H73N3O8. The molecule has 0 saturated carbocycles. The molecule has 0 heterocycles. The Kier molecular flexibility index (Phi) is 35.2. The quantitative estimate of drug-likeness (QED) is 0.0253. The van der Waals surface area contributed by atoms with Gasteiger partial charge in [0.1, 0.15) is 26.3 Å². The Labute approximate surface area is 315 Å². The molecule has 0 aliphatic heterocycles. The van der Waals surface area contributed by atoms with Gasteiger partial charge in [-0.15, -0.1) is 0 Å². The Morgan fingerprint density at radius 1 is 0.500 bits per heavy atom. The molecule has 11 nitrogen and oxygen atoms in total. The van der Waals surface area contributed by atoms with Crippen LogP contribution >= 0.6 is 0 Å². The monoisotopic (exact) mass is 736 g/mol. The summed E-state index contributed by atoms with van der Waals surface area (Å²) in [7, 11) is 0. The molecule has 1 atom stereocenters. The van der Waals surface area contributed by atoms with Gasteiger partial charge in [-0.1, -0.05) is 115 Å². The molecule has 300 valence electrons. The number of hydrogen-bond acceptors (Lipinski definition) is 9. The minimum atomic E-state index is -1.10. The summed E-state index contributed by atoms with van der Waals surface area (Å²) in [4.78, 5) is 60.5. The number of rotatable bonds is 36. The maximum atomic E-state index is 12.4. The first-order chi connectivity index (χ1) is 25.3. The van der Waals surface area contributed by atoms with Crippen molar-refractivity contribution in [3.8, 4) is 0 Å². The standard InChI is InChI=1S/C41H73N3O8/c1-3-5-7-9-11-13-15-17-19-21-23-25-27-29-37(45)43-32-40(48)51-35-36(34-50-39(47)31-42)52-41(49)33-44-38(46)30-28-26-24-22-20-18-16-14-12-10-8-6-4-2/h13-16,36H,3-12,17-35,42H2,1-2H3,(H,43,45)(H,44,46)/b15-13-,16-14-. The molecule has 0 aromatic carbocycles. The second-order valence-corrected chi connectivity index (χ2v) is 13.5. The molecule has 2 amide bonds. The van der Waals surface area contributed by atoms with E-state index in [0.29, 0.717) is 12.8 Å². The third kappa shape index (κ3) is 35.2. The summed E-state index contributed by atoms with van der Waals surface area (Å²) in [6, 6.07) is 0. The zero-order chi connectivity index (χ0) is 38.3. The summed E-state index contributed by atoms with van der Waals surface area (Å²) in [6.07, 6.45) is 33.5. The van der Waals surface area contributed by atoms with E-state index in [1.54, 1.807) is 0 Å². The number of nitrogens with two attached hydrogens (primary N) is 1. The van der Waals surface area contributed by atoms with Crippen LogP contribution in [0, 0.1) is 0 Å². The first kappa shape index (κ1) is 48.8. The normalized spacial score (nSPS) is 11.8. The molecule has 0 aromatic rings. The number of unbranched alkanes of at least 4 members (excludes halogenated alkanes) is 18. The van der Waals surface area contributed by atoms with Crippen molar-refractivity contribution in [1.29, 1.82) is 0 Å². The van der Waals surface area contributed by atoms with Crippen molar-refractivity contribution < 1.29 is 38.2 Å². The maximum absolute atomic E-state index is 12.4. The second-order valence-electron chi connectivity index (χ2n) is 13.5. The number of carbonyl (C=O) groups excluding carboxylic acids is 5. The minimum Gasteiger partial charge on any atom is -0.461 e. The van der Waals surface area contributed by atoms with Crippen LogP contribution in [0.4, 0.5) is 0 Å². The molecule has 0 aliphatic rings. The summed E-state index contributed by atoms with van der Waals surface area (Å²) in [5.74, 6) is -2.70. The molecule has 0 rings (SSSR count). The zero-order valence-electron chi connectivity index (χ0n) is 32.7. The van der Waals surface area contributed by atoms with Crippen molar-refractivity contribution in [3.05, 3.63) is 24.3 Å². The maximum Gasteiger partial charge on any atom is 0.325 e. The van der Waals surface area contributed by atoms with Crippen LogP contribution in [-0.4, -0.2) is 68.7 Å². The molecule has 0 radical (unpaired) electrons. The molecule has 11 heteroatoms. The van der Waals surface area contributed by atoms with E-state index in [1.807, 2.05) is 0 Å². The average molecular weight is 736 g/mol. The molecule has 52 heavy (non-hydrogen) atoms. The number of allylic oxidation sites excluding steroid dienone is 4. The van der Waals surface area contributed by atoms with E-state index in [9.17, 15) is 24.0 Å². The number of esters is 3. The number of carbonyl (C=O) groups is 5. The van der Waals surface area contributed by atoms with E-state index in [2.05, 4.69) is 48.8 Å². The van der Waals surface area contributed by atoms with Crippen LogP contribution < -0.4 is 16.4 Å². The van der Waals surface area contributed by atoms with Crippen LogP contribution in [-0.2, 0) is 38.2 Å². The summed E-state index contributed by atoms with van der Waals surface area (Å²) in [5, 5.41) is 5.09. The lowest BCUT2D eigenvalue weighted by molar-refractivity contribution is -0.165. The van der Waals surface area contributed by atoms with Crippen molar-refractivity contribution in [1.82, 2.24) is 10.6 Å². The molecule has 1 unspecified atom stereocenters. The Balaban J connectivity index is 4.13. The van der Waals surface area contributed by atoms with Crippen molar-refractivity contribution in [3.63, 3.8) is 0 Å². The van der Waals surface area contributed by atoms with E-state index in [0.717, 1.165) is 83.5 Å². The highest BCUT2D eigenvalue weighted by molar-refractivity contribution is 5.82. The van der Waals surface area contributed by atoms with Crippen molar-refractivity contribution >= 4 is 29.7 Å². The van der Waals surface area contributed by atoms with Gasteiger partial charge in [-0.3, -0.25) is 24.0 Å². The lowest BCUT2D eigenvalue weighted by Crippen LogP contribution is -2.38. The SMILES string of the molecule is CCCCCC/C=C\CCCCCCCC(=O)NCC(=O)OCC(COC(=O)CN)OC(=O)CNC(=O)CCCCCCC/C=C\CCCCCC. The van der Waals surface area contributed by atoms with Crippen LogP contribution in [0.15, 0.2) is 24.3 Å². The van der Waals surface area contributed by atoms with Gasteiger partial charge in [0.25, 0.3) is 0 Å². The van der Waals surface area contributed by atoms with Gasteiger partial charge in [-0.2, -0.15) is 0 Å². The summed E-state index contributed by atoms with van der Waals surface area (Å²) in [6.45, 7) is 2.60. The predicted molar refractivity (Wildman–Crippen MR) is 207 cm³/mol. The average Bonchev–Trinajstić information content (AvgIpc) is 3.14. The first-order valence-electron chi connectivity index (χ1n) is 20.4. The third-order valence-electron chi connectivity index (χ3n) is 8.52. The Bertz CT molecular complexity index is 985. The van der Waals surface area contributed by atoms with E-state index in [-0.39, 0.29) is 38.1 Å². The fraction of sp³-hybridized carbons (Fsp3) is 0.780. The topological polar surface area (TPSA) is 163 Å². The Hall–Kier alpha value is -3.21. The molecule has 0 spiro atoms. The largest absolute Gasteiger partial charge is 0.461 e. The number of hydrogen-bond donors (Lipinski definition) is 3. The van der Waals surface area contributed by atoms with Crippen molar-refractivity contribution in [2.24, 2.45) is 5.73 Å². The highest BCUT2D eigenvalue weighted by atomic mass is 16.6. The first-order valence-corrected chi connectivity index (χ1v) is 20.4. The van der Waals surface area contributed by atoms with Crippen LogP contribution in [0.1, 0.15) is 168 Å². The fourth-order valence-corrected chi connectivity index (χ4v) is 5.35. The highest BCUT2D eigenvalue weighted by Gasteiger charge is 2.20. The van der Waals surface area contributed by atoms with E-state index in [4.69, 9.17) is 19.9 Å². The van der Waals surface area contributed by atoms with Crippen molar-refractivity contribution in [2.75, 3.05) is 32.8 Å². The lowest BCUT2D eigenvalue weighted by Gasteiger charge is -2.18. The summed E-state index contributed by atoms with van der Waals surface area (Å²) >= 11 is 0. The van der Waals surface area contributed by atoms with Gasteiger partial charge in [0.05, 0.1) is 6.54 Å². The van der Waals surface area contributed by atoms with Crippen LogP contribution in [0.3, 0.4) is 0 Å². The number of nitrogens with one attached hydrogen (secondary N) is 2. The molecular weight excluding hydrogens is 662 g/mol. The molecule has 0 saturated heterocycles. The third-order valence-corrected chi connectivity index (χ3v) is 8.52. The molecule has 0 aliphatic carbocycles. The van der Waals surface area contributed by atoms with Crippen LogP contribution in [0.5, 0.6) is 0 Å². The van der Waals surface area contributed by atoms with Crippen molar-refractivity contribution in [2.45, 2.75) is 174 Å². The molecule has 0 aromatic heterocycles. The minimum absolute atomic E-state index is 0.241. The number of ether oxygens (including phenoxy) is 3. The van der Waals surface area contributed by atoms with E-state index in [1.165, 1.54) is 57.8 Å². The summed E-state index contributed by atoms with van der Waals surface area (Å²) in [5.41, 5.74) is 5.27. The van der Waals surface area contributed by atoms with Gasteiger partial charge < -0.3 is 30.6 Å². The zero-order valence-corrected chi connectivity index (χ0v) is 32.7. The highest BCUT2D eigenvalue weighted by Crippen LogP contribution is 2.10. The van der Waals surface area contributed by atoms with Gasteiger partial charge >= 0.3 is 17.9 Å². The fourth-order valence-electron chi connectivity index (χ4n) is 5.35. The van der Waals surface area contributed by atoms with Crippen LogP contribution in [0.2, 0.25) is 0 Å². The summed E-state index contributed by atoms with van der Waals surface area (Å²) < 4.78 is 15.4. The van der Waals surface area contributed by atoms with Crippen LogP contribution in [0.25, 0.3) is 0 Å².